The van der Waals surface area contributed by atoms with E-state index in [4.69, 9.17) is 0 Å². The highest BCUT2D eigenvalue weighted by molar-refractivity contribution is 5.99. The van der Waals surface area contributed by atoms with E-state index in [9.17, 15) is 14.0 Å². The van der Waals surface area contributed by atoms with Crippen LogP contribution in [0.5, 0.6) is 0 Å². The van der Waals surface area contributed by atoms with Gasteiger partial charge in [-0.15, -0.1) is 0 Å². The Morgan fingerprint density at radius 1 is 1.04 bits per heavy atom. The number of hydrogen-bond acceptors (Lipinski definition) is 4. The van der Waals surface area contributed by atoms with Crippen molar-refractivity contribution in [2.45, 2.75) is 6.42 Å². The summed E-state index contributed by atoms with van der Waals surface area (Å²) in [4.78, 5) is 30.2. The van der Waals surface area contributed by atoms with Crippen molar-refractivity contribution < 1.29 is 14.0 Å². The molecule has 2 N–H and O–H groups in total. The summed E-state index contributed by atoms with van der Waals surface area (Å²) >= 11 is 0. The number of amides is 2. The average molecular weight is 358 g/mol. The minimum absolute atomic E-state index is 0.277. The Morgan fingerprint density at radius 2 is 1.65 bits per heavy atom. The summed E-state index contributed by atoms with van der Waals surface area (Å²) in [5, 5.41) is 5.49. The molecule has 1 aromatic carbocycles. The zero-order chi connectivity index (χ0) is 18.9. The maximum absolute atomic E-state index is 13.6. The molecule has 2 rings (SSSR count). The molecule has 0 fully saturated rings. The molecule has 6 nitrogen and oxygen atoms in total. The minimum Gasteiger partial charge on any atom is -0.352 e. The predicted octanol–water partition coefficient (Wildman–Crippen LogP) is 1.48. The number of pyridine rings is 1. The van der Waals surface area contributed by atoms with Crippen molar-refractivity contribution in [1.29, 1.82) is 0 Å². The van der Waals surface area contributed by atoms with Crippen LogP contribution in [0.1, 0.15) is 26.3 Å². The lowest BCUT2D eigenvalue weighted by molar-refractivity contribution is 0.0950. The van der Waals surface area contributed by atoms with Crippen molar-refractivity contribution in [2.24, 2.45) is 0 Å². The molecule has 0 unspecified atom stereocenters. The summed E-state index contributed by atoms with van der Waals surface area (Å²) < 4.78 is 13.6. The normalized spacial score (nSPS) is 10.6. The molecule has 0 spiro atoms. The number of halogens is 1. The molecule has 0 saturated carbocycles. The molecule has 0 saturated heterocycles. The van der Waals surface area contributed by atoms with E-state index in [0.717, 1.165) is 6.54 Å². The van der Waals surface area contributed by atoms with Crippen LogP contribution in [0.4, 0.5) is 4.39 Å². The molecule has 0 aliphatic carbocycles. The molecule has 0 aliphatic rings. The van der Waals surface area contributed by atoms with E-state index in [0.29, 0.717) is 36.2 Å². The molecule has 0 radical (unpaired) electrons. The number of carbonyl (C=O) groups is 2. The Balaban J connectivity index is 1.89. The van der Waals surface area contributed by atoms with E-state index >= 15 is 0 Å². The van der Waals surface area contributed by atoms with Gasteiger partial charge in [0.15, 0.2) is 0 Å². The number of nitrogens with one attached hydrogen (secondary N) is 2. The second kappa shape index (κ2) is 9.62. The fourth-order valence-electron chi connectivity index (χ4n) is 2.30. The Kier molecular flexibility index (Phi) is 7.23. The van der Waals surface area contributed by atoms with Crippen molar-refractivity contribution in [2.75, 3.05) is 33.7 Å². The fourth-order valence-corrected chi connectivity index (χ4v) is 2.30. The topological polar surface area (TPSA) is 74.3 Å². The first-order valence-corrected chi connectivity index (χ1v) is 8.37. The first kappa shape index (κ1) is 19.5. The summed E-state index contributed by atoms with van der Waals surface area (Å²) in [5.74, 6) is -0.919. The van der Waals surface area contributed by atoms with Gasteiger partial charge in [0.2, 0.25) is 0 Å². The molecule has 138 valence electrons. The second-order valence-corrected chi connectivity index (χ2v) is 6.12. The van der Waals surface area contributed by atoms with Crippen molar-refractivity contribution in [3.05, 3.63) is 65.2 Å². The number of likely N-dealkylation sites (N-methyl/N-ethyl adjacent to an activating group) is 1. The van der Waals surface area contributed by atoms with Crippen LogP contribution in [0.15, 0.2) is 42.7 Å². The van der Waals surface area contributed by atoms with Gasteiger partial charge in [0.25, 0.3) is 11.8 Å². The van der Waals surface area contributed by atoms with Gasteiger partial charge < -0.3 is 15.5 Å². The van der Waals surface area contributed by atoms with Gasteiger partial charge in [0, 0.05) is 32.0 Å². The van der Waals surface area contributed by atoms with Gasteiger partial charge >= 0.3 is 0 Å². The maximum Gasteiger partial charge on any atom is 0.252 e. The Labute approximate surface area is 152 Å². The molecule has 1 heterocycles. The van der Waals surface area contributed by atoms with E-state index in [1.165, 1.54) is 24.5 Å². The van der Waals surface area contributed by atoms with Gasteiger partial charge in [0.05, 0.1) is 11.1 Å². The quantitative estimate of drug-likeness (QED) is 0.750. The fraction of sp³-hybridized carbons (Fsp3) is 0.316. The average Bonchev–Trinajstić information content (AvgIpc) is 2.63. The Morgan fingerprint density at radius 3 is 2.27 bits per heavy atom. The molecular weight excluding hydrogens is 335 g/mol. The molecule has 2 aromatic rings. The van der Waals surface area contributed by atoms with E-state index in [2.05, 4.69) is 15.6 Å². The number of rotatable bonds is 8. The molecule has 7 heteroatoms. The molecule has 2 amide bonds. The van der Waals surface area contributed by atoms with Crippen LogP contribution in [0.25, 0.3) is 0 Å². The largest absolute Gasteiger partial charge is 0.352 e. The minimum atomic E-state index is -0.350. The van der Waals surface area contributed by atoms with Crippen molar-refractivity contribution in [3.63, 3.8) is 0 Å². The van der Waals surface area contributed by atoms with Gasteiger partial charge in [-0.25, -0.2) is 4.39 Å². The molecule has 0 atom stereocenters. The van der Waals surface area contributed by atoms with E-state index in [1.54, 1.807) is 18.2 Å². The molecule has 0 aliphatic heterocycles. The van der Waals surface area contributed by atoms with E-state index in [1.807, 2.05) is 19.0 Å². The second-order valence-electron chi connectivity index (χ2n) is 6.12. The zero-order valence-electron chi connectivity index (χ0n) is 15.0. The monoisotopic (exact) mass is 358 g/mol. The molecule has 0 bridgehead atoms. The lowest BCUT2D eigenvalue weighted by Crippen LogP contribution is -2.31. The third-order valence-electron chi connectivity index (χ3n) is 3.74. The van der Waals surface area contributed by atoms with Crippen LogP contribution in [-0.2, 0) is 6.42 Å². The van der Waals surface area contributed by atoms with Gasteiger partial charge in [-0.05, 0) is 38.2 Å². The lowest BCUT2D eigenvalue weighted by atomic mass is 10.1. The Bertz CT molecular complexity index is 765. The van der Waals surface area contributed by atoms with Crippen LogP contribution < -0.4 is 10.6 Å². The van der Waals surface area contributed by atoms with Crippen LogP contribution in [0, 0.1) is 5.82 Å². The highest BCUT2D eigenvalue weighted by Gasteiger charge is 2.11. The molecule has 26 heavy (non-hydrogen) atoms. The number of carbonyl (C=O) groups excluding carboxylic acids is 2. The third-order valence-corrected chi connectivity index (χ3v) is 3.74. The van der Waals surface area contributed by atoms with Gasteiger partial charge in [0.1, 0.15) is 5.82 Å². The number of hydrogen-bond donors (Lipinski definition) is 2. The van der Waals surface area contributed by atoms with Gasteiger partial charge in [-0.3, -0.25) is 14.6 Å². The van der Waals surface area contributed by atoms with Crippen molar-refractivity contribution in [1.82, 2.24) is 20.5 Å². The van der Waals surface area contributed by atoms with Crippen molar-refractivity contribution >= 4 is 11.8 Å². The van der Waals surface area contributed by atoms with E-state index in [-0.39, 0.29) is 17.6 Å². The highest BCUT2D eigenvalue weighted by atomic mass is 19.1. The summed E-state index contributed by atoms with van der Waals surface area (Å²) in [5.41, 5.74) is 1.16. The Hall–Kier alpha value is -2.80. The van der Waals surface area contributed by atoms with Crippen LogP contribution >= 0.6 is 0 Å². The lowest BCUT2D eigenvalue weighted by Gasteiger charge is -2.11. The third kappa shape index (κ3) is 5.93. The van der Waals surface area contributed by atoms with E-state index < -0.39 is 0 Å². The SMILES string of the molecule is CN(C)CCNC(=O)c1cncc(C(=O)NCCc2ccccc2F)c1. The maximum atomic E-state index is 13.6. The van der Waals surface area contributed by atoms with Crippen LogP contribution in [0.2, 0.25) is 0 Å². The summed E-state index contributed by atoms with van der Waals surface area (Å²) in [7, 11) is 3.83. The molecule has 1 aromatic heterocycles. The van der Waals surface area contributed by atoms with Crippen molar-refractivity contribution in [3.8, 4) is 0 Å². The number of aromatic nitrogens is 1. The standard InChI is InChI=1S/C19H23FN4O2/c1-24(2)10-9-23-19(26)16-11-15(12-21-13-16)18(25)22-8-7-14-5-3-4-6-17(14)20/h3-6,11-13H,7-10H2,1-2H3,(H,22,25)(H,23,26). The zero-order valence-corrected chi connectivity index (χ0v) is 15.0. The first-order chi connectivity index (χ1) is 12.5. The summed E-state index contributed by atoms with van der Waals surface area (Å²) in [6, 6.07) is 7.94. The molecular formula is C19H23FN4O2. The number of nitrogens with zero attached hydrogens (tertiary/aromatic N) is 2. The predicted molar refractivity (Wildman–Crippen MR) is 97.6 cm³/mol. The highest BCUT2D eigenvalue weighted by Crippen LogP contribution is 2.07. The summed E-state index contributed by atoms with van der Waals surface area (Å²) in [6.45, 7) is 1.51. The summed E-state index contributed by atoms with van der Waals surface area (Å²) in [6.07, 6.45) is 3.20. The smallest absolute Gasteiger partial charge is 0.252 e. The first-order valence-electron chi connectivity index (χ1n) is 8.37. The van der Waals surface area contributed by atoms with Gasteiger partial charge in [-0.1, -0.05) is 18.2 Å². The van der Waals surface area contributed by atoms with Crippen LogP contribution in [-0.4, -0.2) is 55.4 Å². The van der Waals surface area contributed by atoms with Crippen LogP contribution in [0.3, 0.4) is 0 Å². The number of benzene rings is 1. The van der Waals surface area contributed by atoms with Gasteiger partial charge in [-0.2, -0.15) is 0 Å².